The van der Waals surface area contributed by atoms with E-state index in [2.05, 4.69) is 6.07 Å². The highest BCUT2D eigenvalue weighted by Crippen LogP contribution is 2.45. The number of benzene rings is 2. The van der Waals surface area contributed by atoms with Crippen LogP contribution in [0.2, 0.25) is 0 Å². The third-order valence-electron chi connectivity index (χ3n) is 5.76. The fourth-order valence-corrected chi connectivity index (χ4v) is 4.08. The largest absolute Gasteiger partial charge is 0.492 e. The van der Waals surface area contributed by atoms with Crippen LogP contribution in [0.25, 0.3) is 0 Å². The molecule has 2 heterocycles. The molecule has 2 aliphatic rings. The minimum Gasteiger partial charge on any atom is -0.492 e. The van der Waals surface area contributed by atoms with Crippen LogP contribution in [-0.4, -0.2) is 36.4 Å². The Labute approximate surface area is 158 Å². The monoisotopic (exact) mass is 365 g/mol. The topological polar surface area (TPSA) is 98.6 Å². The average Bonchev–Trinajstić information content (AvgIpc) is 3.05. The van der Waals surface area contributed by atoms with Crippen LogP contribution >= 0.6 is 0 Å². The molecule has 4 N–H and O–H groups in total. The molecule has 0 bridgehead atoms. The molecule has 1 saturated heterocycles. The highest BCUT2D eigenvalue weighted by Gasteiger charge is 2.43. The molecule has 4 rings (SSSR count). The molecule has 1 spiro atoms. The van der Waals surface area contributed by atoms with Crippen LogP contribution in [-0.2, 0) is 12.0 Å². The normalized spacial score (nSPS) is 17.4. The van der Waals surface area contributed by atoms with Crippen molar-refractivity contribution in [2.24, 2.45) is 11.5 Å². The Morgan fingerprint density at radius 1 is 1.07 bits per heavy atom. The summed E-state index contributed by atoms with van der Waals surface area (Å²) in [6.45, 7) is 2.45. The van der Waals surface area contributed by atoms with E-state index in [0.717, 1.165) is 24.2 Å². The first-order valence-corrected chi connectivity index (χ1v) is 9.18. The van der Waals surface area contributed by atoms with Crippen LogP contribution in [0.5, 0.6) is 5.75 Å². The molecule has 140 valence electrons. The molecule has 6 nitrogen and oxygen atoms in total. The molecule has 2 aromatic rings. The van der Waals surface area contributed by atoms with Gasteiger partial charge in [0.1, 0.15) is 5.75 Å². The molecule has 0 saturated carbocycles. The zero-order valence-electron chi connectivity index (χ0n) is 15.1. The fraction of sp³-hybridized carbons (Fsp3) is 0.333. The Bertz CT molecular complexity index is 901. The van der Waals surface area contributed by atoms with Crippen molar-refractivity contribution in [3.63, 3.8) is 0 Å². The molecule has 27 heavy (non-hydrogen) atoms. The lowest BCUT2D eigenvalue weighted by molar-refractivity contribution is 0.0646. The Balaban J connectivity index is 1.51. The molecule has 2 aromatic carbocycles. The molecule has 1 fully saturated rings. The van der Waals surface area contributed by atoms with Gasteiger partial charge in [-0.1, -0.05) is 18.2 Å². The first kappa shape index (κ1) is 17.5. The number of likely N-dealkylation sites (tertiary alicyclic amines) is 1. The van der Waals surface area contributed by atoms with Crippen molar-refractivity contribution >= 4 is 11.8 Å². The van der Waals surface area contributed by atoms with E-state index in [4.69, 9.17) is 16.2 Å². The molecule has 2 aliphatic heterocycles. The standard InChI is InChI=1S/C21H23N3O3/c22-12-14-4-5-18-17(10-14)21(13-27-18)6-8-24(9-7-21)20(26)16-3-1-2-15(11-16)19(23)25/h1-5,10-11H,6-9,12-13,22H2,(H2,23,25). The summed E-state index contributed by atoms with van der Waals surface area (Å²) in [6, 6.07) is 12.7. The number of rotatable bonds is 3. The summed E-state index contributed by atoms with van der Waals surface area (Å²) >= 11 is 0. The molecule has 0 radical (unpaired) electrons. The van der Waals surface area contributed by atoms with Gasteiger partial charge in [-0.05, 0) is 42.7 Å². The van der Waals surface area contributed by atoms with Crippen LogP contribution in [0.1, 0.15) is 44.7 Å². The van der Waals surface area contributed by atoms with Crippen LogP contribution in [0.4, 0.5) is 0 Å². The van der Waals surface area contributed by atoms with E-state index in [1.54, 1.807) is 24.3 Å². The van der Waals surface area contributed by atoms with Crippen molar-refractivity contribution in [1.29, 1.82) is 0 Å². The van der Waals surface area contributed by atoms with Crippen LogP contribution in [0, 0.1) is 0 Å². The quantitative estimate of drug-likeness (QED) is 0.866. The zero-order valence-corrected chi connectivity index (χ0v) is 15.1. The predicted molar refractivity (Wildman–Crippen MR) is 102 cm³/mol. The molecule has 2 amide bonds. The molecule has 0 aliphatic carbocycles. The Hall–Kier alpha value is -2.86. The second-order valence-electron chi connectivity index (χ2n) is 7.34. The van der Waals surface area contributed by atoms with Gasteiger partial charge in [0.25, 0.3) is 5.91 Å². The van der Waals surface area contributed by atoms with E-state index in [1.807, 2.05) is 17.0 Å². The third-order valence-corrected chi connectivity index (χ3v) is 5.76. The minimum absolute atomic E-state index is 0.0492. The Morgan fingerprint density at radius 2 is 1.81 bits per heavy atom. The lowest BCUT2D eigenvalue weighted by atomic mass is 9.74. The van der Waals surface area contributed by atoms with Crippen LogP contribution in [0.3, 0.4) is 0 Å². The van der Waals surface area contributed by atoms with E-state index < -0.39 is 5.91 Å². The summed E-state index contributed by atoms with van der Waals surface area (Å²) in [4.78, 5) is 26.1. The van der Waals surface area contributed by atoms with Crippen molar-refractivity contribution in [2.45, 2.75) is 24.8 Å². The molecule has 6 heteroatoms. The van der Waals surface area contributed by atoms with Gasteiger partial charge in [-0.2, -0.15) is 0 Å². The number of nitrogens with two attached hydrogens (primary N) is 2. The number of carbonyl (C=O) groups excluding carboxylic acids is 2. The highest BCUT2D eigenvalue weighted by molar-refractivity contribution is 5.99. The highest BCUT2D eigenvalue weighted by atomic mass is 16.5. The summed E-state index contributed by atoms with van der Waals surface area (Å²) in [6.07, 6.45) is 1.69. The van der Waals surface area contributed by atoms with E-state index in [-0.39, 0.29) is 11.3 Å². The van der Waals surface area contributed by atoms with Crippen LogP contribution < -0.4 is 16.2 Å². The minimum atomic E-state index is -0.530. The first-order chi connectivity index (χ1) is 13.0. The first-order valence-electron chi connectivity index (χ1n) is 9.18. The van der Waals surface area contributed by atoms with Gasteiger partial charge < -0.3 is 21.1 Å². The van der Waals surface area contributed by atoms with Gasteiger partial charge in [-0.25, -0.2) is 0 Å². The van der Waals surface area contributed by atoms with Crippen molar-refractivity contribution in [3.05, 3.63) is 64.7 Å². The summed E-state index contributed by atoms with van der Waals surface area (Å²) in [5.41, 5.74) is 14.2. The van der Waals surface area contributed by atoms with Gasteiger partial charge in [0.2, 0.25) is 5.91 Å². The maximum atomic E-state index is 12.8. The molecule has 0 atom stereocenters. The van der Waals surface area contributed by atoms with Crippen LogP contribution in [0.15, 0.2) is 42.5 Å². The van der Waals surface area contributed by atoms with Gasteiger partial charge in [0.05, 0.1) is 6.61 Å². The van der Waals surface area contributed by atoms with Crippen molar-refractivity contribution < 1.29 is 14.3 Å². The number of amides is 2. The maximum Gasteiger partial charge on any atom is 0.253 e. The Kier molecular flexibility index (Phi) is 4.36. The molecular weight excluding hydrogens is 342 g/mol. The summed E-state index contributed by atoms with van der Waals surface area (Å²) in [5.74, 6) is 0.335. The van der Waals surface area contributed by atoms with E-state index >= 15 is 0 Å². The van der Waals surface area contributed by atoms with Gasteiger partial charge in [-0.15, -0.1) is 0 Å². The maximum absolute atomic E-state index is 12.8. The molecule has 0 aromatic heterocycles. The number of fused-ring (bicyclic) bond motifs is 2. The molecular formula is C21H23N3O3. The zero-order chi connectivity index (χ0) is 19.0. The summed E-state index contributed by atoms with van der Waals surface area (Å²) in [7, 11) is 0. The number of nitrogens with zero attached hydrogens (tertiary/aromatic N) is 1. The number of carbonyl (C=O) groups is 2. The van der Waals surface area contributed by atoms with Crippen molar-refractivity contribution in [1.82, 2.24) is 4.90 Å². The number of hydrogen-bond donors (Lipinski definition) is 2. The lowest BCUT2D eigenvalue weighted by Gasteiger charge is -2.38. The van der Waals surface area contributed by atoms with E-state index in [1.165, 1.54) is 5.56 Å². The van der Waals surface area contributed by atoms with Crippen molar-refractivity contribution in [3.8, 4) is 5.75 Å². The number of ether oxygens (including phenoxy) is 1. The smallest absolute Gasteiger partial charge is 0.253 e. The van der Waals surface area contributed by atoms with Gasteiger partial charge >= 0.3 is 0 Å². The summed E-state index contributed by atoms with van der Waals surface area (Å²) < 4.78 is 5.92. The van der Waals surface area contributed by atoms with Gasteiger partial charge in [0.15, 0.2) is 0 Å². The second-order valence-corrected chi connectivity index (χ2v) is 7.34. The van der Waals surface area contributed by atoms with E-state index in [0.29, 0.717) is 37.4 Å². The van der Waals surface area contributed by atoms with E-state index in [9.17, 15) is 9.59 Å². The SMILES string of the molecule is NCc1ccc2c(c1)C1(CCN(C(=O)c3cccc(C(N)=O)c3)CC1)CO2. The second kappa shape index (κ2) is 6.70. The fourth-order valence-electron chi connectivity index (χ4n) is 4.08. The van der Waals surface area contributed by atoms with Crippen molar-refractivity contribution in [2.75, 3.05) is 19.7 Å². The predicted octanol–water partition coefficient (Wildman–Crippen LogP) is 1.81. The summed E-state index contributed by atoms with van der Waals surface area (Å²) in [5, 5.41) is 0. The lowest BCUT2D eigenvalue weighted by Crippen LogP contribution is -2.46. The number of piperidine rings is 1. The average molecular weight is 365 g/mol. The number of primary amides is 1. The third kappa shape index (κ3) is 3.06. The van der Waals surface area contributed by atoms with Gasteiger partial charge in [-0.3, -0.25) is 9.59 Å². The Morgan fingerprint density at radius 3 is 2.52 bits per heavy atom. The van der Waals surface area contributed by atoms with Gasteiger partial charge in [0, 0.05) is 41.7 Å². The number of hydrogen-bond acceptors (Lipinski definition) is 4. The molecule has 0 unspecified atom stereocenters.